The van der Waals surface area contributed by atoms with Gasteiger partial charge in [-0.3, -0.25) is 4.68 Å². The molecule has 0 unspecified atom stereocenters. The summed E-state index contributed by atoms with van der Waals surface area (Å²) in [5.41, 5.74) is 5.74. The van der Waals surface area contributed by atoms with Gasteiger partial charge in [0, 0.05) is 23.7 Å². The third-order valence-electron chi connectivity index (χ3n) is 1.26. The van der Waals surface area contributed by atoms with Crippen molar-refractivity contribution in [2.75, 3.05) is 5.75 Å². The Morgan fingerprint density at radius 3 is 2.83 bits per heavy atom. The van der Waals surface area contributed by atoms with Crippen LogP contribution in [-0.2, 0) is 5.88 Å². The Balaban J connectivity index is 2.20. The number of nitrogens with two attached hydrogens (primary N) is 1. The molecule has 68 valence electrons. The van der Waals surface area contributed by atoms with Crippen molar-refractivity contribution in [1.82, 2.24) is 9.78 Å². The molecule has 0 spiro atoms. The van der Waals surface area contributed by atoms with Crippen molar-refractivity contribution in [2.24, 2.45) is 5.73 Å². The summed E-state index contributed by atoms with van der Waals surface area (Å²) >= 11 is 1.79. The maximum atomic E-state index is 5.82. The number of thioether (sulfide) groups is 1. The van der Waals surface area contributed by atoms with Crippen LogP contribution in [0.25, 0.3) is 0 Å². The molecule has 0 bridgehead atoms. The zero-order valence-electron chi connectivity index (χ0n) is 7.53. The van der Waals surface area contributed by atoms with Gasteiger partial charge in [-0.2, -0.15) is 5.10 Å². The van der Waals surface area contributed by atoms with Crippen molar-refractivity contribution in [2.45, 2.75) is 25.3 Å². The highest BCUT2D eigenvalue weighted by atomic mass is 32.2. The van der Waals surface area contributed by atoms with Crippen LogP contribution in [-0.4, -0.2) is 21.1 Å². The molecule has 0 aliphatic carbocycles. The van der Waals surface area contributed by atoms with E-state index in [-0.39, 0.29) is 5.54 Å². The van der Waals surface area contributed by atoms with Gasteiger partial charge in [-0.1, -0.05) is 0 Å². The van der Waals surface area contributed by atoms with Crippen molar-refractivity contribution in [3.63, 3.8) is 0 Å². The Morgan fingerprint density at radius 2 is 2.33 bits per heavy atom. The fourth-order valence-corrected chi connectivity index (χ4v) is 1.74. The van der Waals surface area contributed by atoms with Gasteiger partial charge in [0.1, 0.15) is 0 Å². The molecular formula is C8H15N3S. The van der Waals surface area contributed by atoms with E-state index in [0.717, 1.165) is 11.6 Å². The summed E-state index contributed by atoms with van der Waals surface area (Å²) in [6.45, 7) is 4.06. The average molecular weight is 185 g/mol. The second-order valence-corrected chi connectivity index (χ2v) is 4.47. The fourth-order valence-electron chi connectivity index (χ4n) is 0.779. The van der Waals surface area contributed by atoms with E-state index in [1.54, 1.807) is 18.0 Å². The molecule has 1 heterocycles. The van der Waals surface area contributed by atoms with Crippen molar-refractivity contribution in [3.8, 4) is 0 Å². The predicted molar refractivity (Wildman–Crippen MR) is 53.0 cm³/mol. The monoisotopic (exact) mass is 185 g/mol. The van der Waals surface area contributed by atoms with Crippen molar-refractivity contribution < 1.29 is 0 Å². The largest absolute Gasteiger partial charge is 0.325 e. The normalized spacial score (nSPS) is 11.9. The lowest BCUT2D eigenvalue weighted by molar-refractivity contribution is 0.589. The van der Waals surface area contributed by atoms with Gasteiger partial charge < -0.3 is 5.73 Å². The molecule has 0 saturated heterocycles. The first-order chi connectivity index (χ1) is 5.58. The first kappa shape index (κ1) is 9.61. The molecule has 0 saturated carbocycles. The molecule has 0 radical (unpaired) electrons. The maximum absolute atomic E-state index is 5.82. The van der Waals surface area contributed by atoms with E-state index < -0.39 is 0 Å². The molecular weight excluding hydrogens is 170 g/mol. The Kier molecular flexibility index (Phi) is 3.17. The minimum Gasteiger partial charge on any atom is -0.325 e. The standard InChI is InChI=1S/C8H15N3S/c1-8(2,9)6-12-7-11-5-3-4-10-11/h3-5H,6-7,9H2,1-2H3. The van der Waals surface area contributed by atoms with Crippen molar-refractivity contribution in [1.29, 1.82) is 0 Å². The molecule has 0 aromatic carbocycles. The van der Waals surface area contributed by atoms with Crippen LogP contribution in [0.1, 0.15) is 13.8 Å². The lowest BCUT2D eigenvalue weighted by Crippen LogP contribution is -2.34. The van der Waals surface area contributed by atoms with E-state index in [1.165, 1.54) is 0 Å². The summed E-state index contributed by atoms with van der Waals surface area (Å²) in [6, 6.07) is 1.92. The molecule has 0 fully saturated rings. The zero-order chi connectivity index (χ0) is 9.03. The first-order valence-electron chi connectivity index (χ1n) is 3.92. The molecule has 1 aromatic rings. The highest BCUT2D eigenvalue weighted by Gasteiger charge is 2.09. The molecule has 0 amide bonds. The lowest BCUT2D eigenvalue weighted by atomic mass is 10.1. The minimum absolute atomic E-state index is 0.0855. The molecule has 1 rings (SSSR count). The number of hydrogen-bond donors (Lipinski definition) is 1. The van der Waals surface area contributed by atoms with Crippen LogP contribution in [0, 0.1) is 0 Å². The molecule has 2 N–H and O–H groups in total. The topological polar surface area (TPSA) is 43.8 Å². The second kappa shape index (κ2) is 3.96. The van der Waals surface area contributed by atoms with Crippen LogP contribution in [0.5, 0.6) is 0 Å². The zero-order valence-corrected chi connectivity index (χ0v) is 8.34. The van der Waals surface area contributed by atoms with Crippen molar-refractivity contribution in [3.05, 3.63) is 18.5 Å². The number of nitrogens with zero attached hydrogens (tertiary/aromatic N) is 2. The van der Waals surface area contributed by atoms with Gasteiger partial charge in [-0.15, -0.1) is 11.8 Å². The Bertz CT molecular complexity index is 213. The highest BCUT2D eigenvalue weighted by Crippen LogP contribution is 2.11. The third kappa shape index (κ3) is 3.78. The first-order valence-corrected chi connectivity index (χ1v) is 5.07. The Morgan fingerprint density at radius 1 is 1.58 bits per heavy atom. The summed E-state index contributed by atoms with van der Waals surface area (Å²) in [5, 5.41) is 4.09. The van der Waals surface area contributed by atoms with E-state index in [9.17, 15) is 0 Å². The van der Waals surface area contributed by atoms with Crippen LogP contribution in [0.15, 0.2) is 18.5 Å². The van der Waals surface area contributed by atoms with E-state index in [2.05, 4.69) is 5.10 Å². The van der Waals surface area contributed by atoms with E-state index in [1.807, 2.05) is 30.8 Å². The van der Waals surface area contributed by atoms with Gasteiger partial charge in [-0.05, 0) is 19.9 Å². The summed E-state index contributed by atoms with van der Waals surface area (Å²) in [4.78, 5) is 0. The molecule has 4 heteroatoms. The second-order valence-electron chi connectivity index (χ2n) is 3.51. The molecule has 0 aliphatic heterocycles. The van der Waals surface area contributed by atoms with Gasteiger partial charge in [0.05, 0.1) is 5.88 Å². The average Bonchev–Trinajstić information content (AvgIpc) is 2.36. The summed E-state index contributed by atoms with van der Waals surface area (Å²) in [6.07, 6.45) is 3.74. The molecule has 0 aliphatic rings. The van der Waals surface area contributed by atoms with Crippen molar-refractivity contribution >= 4 is 11.8 Å². The van der Waals surface area contributed by atoms with Gasteiger partial charge in [0.2, 0.25) is 0 Å². The maximum Gasteiger partial charge on any atom is 0.0863 e. The van der Waals surface area contributed by atoms with Crippen LogP contribution in [0.4, 0.5) is 0 Å². The molecule has 0 atom stereocenters. The van der Waals surface area contributed by atoms with Crippen LogP contribution < -0.4 is 5.73 Å². The van der Waals surface area contributed by atoms with E-state index in [0.29, 0.717) is 0 Å². The highest BCUT2D eigenvalue weighted by molar-refractivity contribution is 7.98. The fraction of sp³-hybridized carbons (Fsp3) is 0.625. The van der Waals surface area contributed by atoms with Crippen LogP contribution >= 0.6 is 11.8 Å². The van der Waals surface area contributed by atoms with E-state index >= 15 is 0 Å². The smallest absolute Gasteiger partial charge is 0.0863 e. The Hall–Kier alpha value is -0.480. The lowest BCUT2D eigenvalue weighted by Gasteiger charge is -2.17. The Labute approximate surface area is 77.3 Å². The quantitative estimate of drug-likeness (QED) is 0.769. The number of rotatable bonds is 4. The van der Waals surface area contributed by atoms with E-state index in [4.69, 9.17) is 5.73 Å². The molecule has 1 aromatic heterocycles. The SMILES string of the molecule is CC(C)(N)CSCn1cccn1. The van der Waals surface area contributed by atoms with Crippen LogP contribution in [0.2, 0.25) is 0 Å². The van der Waals surface area contributed by atoms with Gasteiger partial charge in [0.15, 0.2) is 0 Å². The van der Waals surface area contributed by atoms with Gasteiger partial charge >= 0.3 is 0 Å². The summed E-state index contributed by atoms with van der Waals surface area (Å²) < 4.78 is 1.90. The number of hydrogen-bond acceptors (Lipinski definition) is 3. The summed E-state index contributed by atoms with van der Waals surface area (Å²) in [7, 11) is 0. The minimum atomic E-state index is -0.0855. The van der Waals surface area contributed by atoms with Crippen LogP contribution in [0.3, 0.4) is 0 Å². The summed E-state index contributed by atoms with van der Waals surface area (Å²) in [5.74, 6) is 1.83. The molecule has 3 nitrogen and oxygen atoms in total. The predicted octanol–water partition coefficient (Wildman–Crippen LogP) is 1.31. The molecule has 12 heavy (non-hydrogen) atoms. The third-order valence-corrected chi connectivity index (χ3v) is 2.65. The van der Waals surface area contributed by atoms with Gasteiger partial charge in [-0.25, -0.2) is 0 Å². The number of aromatic nitrogens is 2. The van der Waals surface area contributed by atoms with Gasteiger partial charge in [0.25, 0.3) is 0 Å².